The molecule has 0 unspecified atom stereocenters. The molecular weight excluding hydrogens is 250 g/mol. The van der Waals surface area contributed by atoms with Crippen LogP contribution in [0.2, 0.25) is 0 Å². The summed E-state index contributed by atoms with van der Waals surface area (Å²) in [6.45, 7) is 10.2. The van der Waals surface area contributed by atoms with Gasteiger partial charge in [-0.25, -0.2) is 0 Å². The van der Waals surface area contributed by atoms with Crippen molar-refractivity contribution in [2.75, 3.05) is 33.2 Å². The second-order valence-corrected chi connectivity index (χ2v) is 7.11. The van der Waals surface area contributed by atoms with E-state index < -0.39 is 5.54 Å². The van der Waals surface area contributed by atoms with Crippen LogP contribution in [-0.2, 0) is 4.79 Å². The molecule has 0 aromatic carbocycles. The Morgan fingerprint density at radius 1 is 1.35 bits per heavy atom. The van der Waals surface area contributed by atoms with Gasteiger partial charge in [-0.05, 0) is 52.6 Å². The lowest BCUT2D eigenvalue weighted by Gasteiger charge is -2.35. The Morgan fingerprint density at radius 2 is 1.95 bits per heavy atom. The minimum Gasteiger partial charge on any atom is -0.343 e. The molecule has 4 nitrogen and oxygen atoms in total. The summed E-state index contributed by atoms with van der Waals surface area (Å²) in [5.41, 5.74) is 5.53. The van der Waals surface area contributed by atoms with Gasteiger partial charge in [0.15, 0.2) is 0 Å². The summed E-state index contributed by atoms with van der Waals surface area (Å²) in [7, 11) is 2.21. The Labute approximate surface area is 124 Å². The molecule has 0 aliphatic carbocycles. The number of hydrogen-bond acceptors (Lipinski definition) is 3. The third-order valence-electron chi connectivity index (χ3n) is 4.04. The van der Waals surface area contributed by atoms with Crippen LogP contribution < -0.4 is 5.73 Å². The average Bonchev–Trinajstić information content (AvgIpc) is 2.35. The molecule has 0 bridgehead atoms. The van der Waals surface area contributed by atoms with E-state index in [4.69, 9.17) is 5.73 Å². The molecule has 1 fully saturated rings. The summed E-state index contributed by atoms with van der Waals surface area (Å²) >= 11 is 0. The van der Waals surface area contributed by atoms with Crippen LogP contribution in [-0.4, -0.2) is 54.5 Å². The Morgan fingerprint density at radius 3 is 2.45 bits per heavy atom. The van der Waals surface area contributed by atoms with Crippen molar-refractivity contribution < 1.29 is 4.79 Å². The fraction of sp³-hybridized carbons (Fsp3) is 0.938. The van der Waals surface area contributed by atoms with Gasteiger partial charge in [0.05, 0.1) is 0 Å². The van der Waals surface area contributed by atoms with E-state index in [1.54, 1.807) is 0 Å². The van der Waals surface area contributed by atoms with Crippen LogP contribution in [0.4, 0.5) is 0 Å². The fourth-order valence-electron chi connectivity index (χ4n) is 2.83. The summed E-state index contributed by atoms with van der Waals surface area (Å²) in [5.74, 6) is 0.960. The van der Waals surface area contributed by atoms with Crippen molar-refractivity contribution in [3.8, 4) is 0 Å². The van der Waals surface area contributed by atoms with Gasteiger partial charge in [0.1, 0.15) is 0 Å². The second-order valence-electron chi connectivity index (χ2n) is 7.11. The SMILES string of the molecule is CCCCN(C)CC1CCN(C(=O)CC(C)(C)N)CC1. The second kappa shape index (κ2) is 7.99. The maximum Gasteiger partial charge on any atom is 0.224 e. The zero-order valence-corrected chi connectivity index (χ0v) is 13.8. The summed E-state index contributed by atoms with van der Waals surface area (Å²) in [4.78, 5) is 16.6. The first-order valence-corrected chi connectivity index (χ1v) is 8.07. The topological polar surface area (TPSA) is 49.6 Å². The van der Waals surface area contributed by atoms with Crippen LogP contribution in [0.3, 0.4) is 0 Å². The van der Waals surface area contributed by atoms with Crippen LogP contribution in [0.15, 0.2) is 0 Å². The van der Waals surface area contributed by atoms with Crippen molar-refractivity contribution in [3.05, 3.63) is 0 Å². The summed E-state index contributed by atoms with van der Waals surface area (Å²) in [5, 5.41) is 0. The molecular formula is C16H33N3O. The molecule has 1 amide bonds. The monoisotopic (exact) mass is 283 g/mol. The fourth-order valence-corrected chi connectivity index (χ4v) is 2.83. The number of hydrogen-bond donors (Lipinski definition) is 1. The third-order valence-corrected chi connectivity index (χ3v) is 4.04. The first-order valence-electron chi connectivity index (χ1n) is 8.07. The highest BCUT2D eigenvalue weighted by molar-refractivity contribution is 5.77. The third kappa shape index (κ3) is 6.71. The average molecular weight is 283 g/mol. The molecule has 1 heterocycles. The molecule has 0 aromatic heterocycles. The number of carbonyl (C=O) groups is 1. The molecule has 0 atom stereocenters. The smallest absolute Gasteiger partial charge is 0.224 e. The van der Waals surface area contributed by atoms with Crippen LogP contribution in [0, 0.1) is 5.92 Å². The van der Waals surface area contributed by atoms with Gasteiger partial charge in [-0.1, -0.05) is 13.3 Å². The molecule has 0 aromatic rings. The molecule has 0 spiro atoms. The normalized spacial score (nSPS) is 17.8. The number of nitrogens with zero attached hydrogens (tertiary/aromatic N) is 2. The van der Waals surface area contributed by atoms with E-state index in [9.17, 15) is 4.79 Å². The first kappa shape index (κ1) is 17.4. The van der Waals surface area contributed by atoms with E-state index in [2.05, 4.69) is 18.9 Å². The highest BCUT2D eigenvalue weighted by atomic mass is 16.2. The summed E-state index contributed by atoms with van der Waals surface area (Å²) < 4.78 is 0. The van der Waals surface area contributed by atoms with Gasteiger partial charge >= 0.3 is 0 Å². The van der Waals surface area contributed by atoms with Crippen LogP contribution in [0.1, 0.15) is 52.9 Å². The molecule has 4 heteroatoms. The van der Waals surface area contributed by atoms with E-state index in [0.717, 1.165) is 31.8 Å². The predicted octanol–water partition coefficient (Wildman–Crippen LogP) is 2.08. The van der Waals surface area contributed by atoms with E-state index in [1.165, 1.54) is 25.9 Å². The van der Waals surface area contributed by atoms with Crippen molar-refractivity contribution in [2.45, 2.75) is 58.4 Å². The Bertz CT molecular complexity index is 291. The summed E-state index contributed by atoms with van der Waals surface area (Å²) in [6, 6.07) is 0. The minimum atomic E-state index is -0.395. The van der Waals surface area contributed by atoms with Crippen LogP contribution >= 0.6 is 0 Å². The number of amides is 1. The first-order chi connectivity index (χ1) is 9.31. The largest absolute Gasteiger partial charge is 0.343 e. The van der Waals surface area contributed by atoms with Gasteiger partial charge in [-0.2, -0.15) is 0 Å². The highest BCUT2D eigenvalue weighted by Crippen LogP contribution is 2.20. The number of unbranched alkanes of at least 4 members (excludes halogenated alkanes) is 1. The number of rotatable bonds is 7. The van der Waals surface area contributed by atoms with E-state index >= 15 is 0 Å². The van der Waals surface area contributed by atoms with Gasteiger partial charge in [0.2, 0.25) is 5.91 Å². The lowest BCUT2D eigenvalue weighted by Crippen LogP contribution is -2.45. The molecule has 2 N–H and O–H groups in total. The van der Waals surface area contributed by atoms with Crippen molar-refractivity contribution in [2.24, 2.45) is 11.7 Å². The quantitative estimate of drug-likeness (QED) is 0.778. The Kier molecular flexibility index (Phi) is 6.96. The Hall–Kier alpha value is -0.610. The lowest BCUT2D eigenvalue weighted by molar-refractivity contribution is -0.133. The lowest BCUT2D eigenvalue weighted by atomic mass is 9.94. The molecule has 1 saturated heterocycles. The van der Waals surface area contributed by atoms with E-state index in [0.29, 0.717) is 6.42 Å². The van der Waals surface area contributed by atoms with Crippen molar-refractivity contribution in [1.29, 1.82) is 0 Å². The van der Waals surface area contributed by atoms with Gasteiger partial charge in [0.25, 0.3) is 0 Å². The van der Waals surface area contributed by atoms with Crippen molar-refractivity contribution >= 4 is 5.91 Å². The highest BCUT2D eigenvalue weighted by Gasteiger charge is 2.26. The predicted molar refractivity (Wildman–Crippen MR) is 84.6 cm³/mol. The maximum atomic E-state index is 12.1. The molecule has 1 aliphatic heterocycles. The Balaban J connectivity index is 2.27. The van der Waals surface area contributed by atoms with Gasteiger partial charge in [0, 0.05) is 31.6 Å². The van der Waals surface area contributed by atoms with E-state index in [1.807, 2.05) is 18.7 Å². The van der Waals surface area contributed by atoms with Gasteiger partial charge < -0.3 is 15.5 Å². The van der Waals surface area contributed by atoms with Crippen LogP contribution in [0.5, 0.6) is 0 Å². The molecule has 20 heavy (non-hydrogen) atoms. The molecule has 1 aliphatic rings. The zero-order chi connectivity index (χ0) is 15.2. The molecule has 118 valence electrons. The molecule has 1 rings (SSSR count). The number of piperidine rings is 1. The standard InChI is InChI=1S/C16H33N3O/c1-5-6-9-18(4)13-14-7-10-19(11-8-14)15(20)12-16(2,3)17/h14H,5-13,17H2,1-4H3. The number of carbonyl (C=O) groups excluding carboxylic acids is 1. The van der Waals surface area contributed by atoms with Gasteiger partial charge in [-0.15, -0.1) is 0 Å². The molecule has 0 radical (unpaired) electrons. The van der Waals surface area contributed by atoms with Gasteiger partial charge in [-0.3, -0.25) is 4.79 Å². The molecule has 0 saturated carbocycles. The van der Waals surface area contributed by atoms with Crippen LogP contribution in [0.25, 0.3) is 0 Å². The zero-order valence-electron chi connectivity index (χ0n) is 13.8. The minimum absolute atomic E-state index is 0.218. The van der Waals surface area contributed by atoms with Crippen molar-refractivity contribution in [3.63, 3.8) is 0 Å². The number of likely N-dealkylation sites (tertiary alicyclic amines) is 1. The maximum absolute atomic E-state index is 12.1. The number of nitrogens with two attached hydrogens (primary N) is 1. The van der Waals surface area contributed by atoms with Crippen molar-refractivity contribution in [1.82, 2.24) is 9.80 Å². The van der Waals surface area contributed by atoms with E-state index in [-0.39, 0.29) is 5.91 Å². The summed E-state index contributed by atoms with van der Waals surface area (Å²) in [6.07, 6.45) is 5.25.